The molecule has 2 saturated heterocycles. The minimum Gasteiger partial charge on any atom is -0.662 e. The number of nitrogens with two attached hydrogens (primary N) is 2. The predicted molar refractivity (Wildman–Crippen MR) is 179 cm³/mol. The van der Waals surface area contributed by atoms with Gasteiger partial charge in [-0.3, -0.25) is 19.2 Å². The average molecular weight is 745 g/mol. The molecule has 0 saturated carbocycles. The van der Waals surface area contributed by atoms with Gasteiger partial charge in [0.2, 0.25) is 16.6 Å². The Labute approximate surface area is 324 Å². The summed E-state index contributed by atoms with van der Waals surface area (Å²) in [5, 5.41) is 20.2. The van der Waals surface area contributed by atoms with Crippen LogP contribution >= 0.6 is 0 Å². The van der Waals surface area contributed by atoms with Crippen LogP contribution in [0.3, 0.4) is 0 Å². The van der Waals surface area contributed by atoms with Crippen molar-refractivity contribution < 1.29 is 82.6 Å². The van der Waals surface area contributed by atoms with Crippen molar-refractivity contribution in [1.82, 2.24) is 9.88 Å². The smallest absolute Gasteiger partial charge is 0.662 e. The third-order valence-corrected chi connectivity index (χ3v) is 7.71. The molecule has 5 heterocycles. The van der Waals surface area contributed by atoms with E-state index in [2.05, 4.69) is 10.2 Å². The van der Waals surface area contributed by atoms with Crippen LogP contribution in [-0.2, 0) is 32.4 Å². The quantitative estimate of drug-likeness (QED) is 0.0613. The molecule has 4 aromatic rings. The first-order valence-electron chi connectivity index (χ1n) is 15.8. The number of aromatic nitrogens is 1. The van der Waals surface area contributed by atoms with E-state index in [0.717, 1.165) is 23.5 Å². The van der Waals surface area contributed by atoms with Crippen molar-refractivity contribution in [3.63, 3.8) is 0 Å². The molecule has 17 nitrogen and oxygen atoms in total. The molecular weight excluding hydrogens is 707 g/mol. The van der Waals surface area contributed by atoms with Crippen molar-refractivity contribution in [2.75, 3.05) is 26.4 Å². The van der Waals surface area contributed by atoms with E-state index in [1.165, 1.54) is 6.07 Å². The maximum absolute atomic E-state index is 12.4. The molecule has 0 bridgehead atoms. The number of carboxylic acid groups (broad SMARTS) is 1. The van der Waals surface area contributed by atoms with E-state index in [-0.39, 0.29) is 102 Å². The fourth-order valence-electron chi connectivity index (χ4n) is 5.10. The number of nitrogens with one attached hydrogen (secondary N) is 1. The van der Waals surface area contributed by atoms with Gasteiger partial charge >= 0.3 is 35.5 Å². The van der Waals surface area contributed by atoms with Gasteiger partial charge in [-0.15, -0.1) is 0 Å². The van der Waals surface area contributed by atoms with Gasteiger partial charge in [0.05, 0.1) is 44.8 Å². The first-order valence-corrected chi connectivity index (χ1v) is 15.8. The summed E-state index contributed by atoms with van der Waals surface area (Å²) in [4.78, 5) is 58.2. The van der Waals surface area contributed by atoms with Gasteiger partial charge in [0.25, 0.3) is 18.1 Å². The fourth-order valence-corrected chi connectivity index (χ4v) is 5.10. The Kier molecular flexibility index (Phi) is 17.4. The number of pyridine rings is 1. The van der Waals surface area contributed by atoms with E-state index < -0.39 is 17.2 Å². The summed E-state index contributed by atoms with van der Waals surface area (Å²) in [7, 11) is 0. The monoisotopic (exact) mass is 744 g/mol. The van der Waals surface area contributed by atoms with Crippen molar-refractivity contribution >= 4 is 18.3 Å². The Morgan fingerprint density at radius 3 is 1.89 bits per heavy atom. The van der Waals surface area contributed by atoms with Crippen LogP contribution in [0.2, 0.25) is 0 Å². The average Bonchev–Trinajstić information content (AvgIpc) is 3.79. The van der Waals surface area contributed by atoms with Crippen molar-refractivity contribution in [2.24, 2.45) is 11.5 Å². The van der Waals surface area contributed by atoms with Gasteiger partial charge in [-0.1, -0.05) is 60.7 Å². The van der Waals surface area contributed by atoms with Crippen molar-refractivity contribution in [3.05, 3.63) is 128 Å². The van der Waals surface area contributed by atoms with Gasteiger partial charge in [0.15, 0.2) is 11.4 Å². The van der Waals surface area contributed by atoms with Crippen LogP contribution < -0.4 is 71.9 Å². The van der Waals surface area contributed by atoms with Crippen molar-refractivity contribution in [3.8, 4) is 11.5 Å². The van der Waals surface area contributed by atoms with Crippen LogP contribution in [0.25, 0.3) is 0 Å². The van der Waals surface area contributed by atoms with Gasteiger partial charge in [0, 0.05) is 30.4 Å². The molecule has 0 radical (unpaired) electrons. The van der Waals surface area contributed by atoms with E-state index in [4.69, 9.17) is 50.0 Å². The van der Waals surface area contributed by atoms with Gasteiger partial charge in [-0.25, -0.2) is 4.79 Å². The topological polar surface area (TPSA) is 257 Å². The predicted octanol–water partition coefficient (Wildman–Crippen LogP) is -2.86. The minimum absolute atomic E-state index is 0. The largest absolute Gasteiger partial charge is 1.00 e. The number of amides is 1. The number of fused-ring (bicyclic) bond motifs is 3. The molecule has 6 N–H and O–H groups in total. The van der Waals surface area contributed by atoms with Crippen molar-refractivity contribution in [1.29, 1.82) is 0 Å². The number of carbonyl (C=O) groups is 3. The second kappa shape index (κ2) is 21.6. The Morgan fingerprint density at radius 2 is 1.38 bits per heavy atom. The zero-order valence-electron chi connectivity index (χ0n) is 28.7. The third-order valence-electron chi connectivity index (χ3n) is 7.71. The molecule has 2 fully saturated rings. The molecule has 276 valence electrons. The summed E-state index contributed by atoms with van der Waals surface area (Å²) in [6.07, 6.45) is 2.68. The summed E-state index contributed by atoms with van der Waals surface area (Å²) in [5.41, 5.74) is 12.1. The van der Waals surface area contributed by atoms with Gasteiger partial charge < -0.3 is 60.0 Å². The van der Waals surface area contributed by atoms with Gasteiger partial charge in [0.1, 0.15) is 13.2 Å². The van der Waals surface area contributed by atoms with Crippen LogP contribution in [0.4, 0.5) is 0 Å². The van der Waals surface area contributed by atoms with Crippen LogP contribution in [0.1, 0.15) is 38.2 Å². The number of hydrogen-bond acceptors (Lipinski definition) is 14. The molecule has 53 heavy (non-hydrogen) atoms. The molecule has 3 aliphatic rings. The summed E-state index contributed by atoms with van der Waals surface area (Å²) < 4.78 is 27.9. The number of carboxylic acids is 1. The number of nitrogens with zero attached hydrogens (tertiary/aromatic N) is 1. The summed E-state index contributed by atoms with van der Waals surface area (Å²) in [6.45, 7) is 2.42. The Morgan fingerprint density at radius 1 is 0.849 bits per heavy atom. The van der Waals surface area contributed by atoms with E-state index in [1.54, 1.807) is 10.8 Å². The molecule has 0 aliphatic carbocycles. The fraction of sp³-hybridized carbons (Fsp3) is 0.286. The maximum atomic E-state index is 12.4. The number of carbonyl (C=O) groups excluding carboxylic acids is 2. The Bertz CT molecular complexity index is 1880. The molecule has 0 spiro atoms. The third kappa shape index (κ3) is 12.1. The molecular formula is C35H37N4NaO13. The number of aromatic carboxylic acids is 1. The van der Waals surface area contributed by atoms with Gasteiger partial charge in [-0.2, -0.15) is 0 Å². The van der Waals surface area contributed by atoms with Crippen LogP contribution in [0.5, 0.6) is 11.5 Å². The van der Waals surface area contributed by atoms with Gasteiger partial charge in [-0.05, 0) is 11.1 Å². The zero-order valence-corrected chi connectivity index (χ0v) is 30.7. The molecule has 7 rings (SSSR count). The van der Waals surface area contributed by atoms with E-state index >= 15 is 0 Å². The summed E-state index contributed by atoms with van der Waals surface area (Å²) >= 11 is 0. The molecule has 3 aliphatic heterocycles. The first kappa shape index (κ1) is 42.6. The standard InChI is InChI=1S/C17H16N2O4.C13H10O5.C4H10N2O.CH2O3.Na/c20-14-6-7-19-13-10-22-9-12(13)18-17(21)15(19)16(14)23-8-11-4-2-1-3-5-11;14-10-6-7-17-12(13(15)16)11(10)18-8-9-4-2-1-3-5-9;5-3-1-7-2-4(3)6;2-1-4-3;/h1-7,12-13H,8-10H2,(H,18,21);1-7H,8H2,(H,15,16);3-4H,1-2,5-6H2;1,3H;/q;;;;+1/p-1/t12-,13?;;3-,4+;;/m0..../s1. The summed E-state index contributed by atoms with van der Waals surface area (Å²) in [6, 6.07) is 21.3. The first-order chi connectivity index (χ1) is 25.1. The Hall–Kier alpha value is -4.85. The normalized spacial score (nSPS) is 19.0. The SMILES string of the molecule is N[C@@H]1COC[C@@H]1N.O=C(O)c1occc(=O)c1OCc1ccccc1.O=C1N[C@H]2COCC2n2ccc(=O)c(OCc3ccccc3)c21.O=CO[O-].[Na+]. The second-order valence-electron chi connectivity index (χ2n) is 11.3. The molecule has 1 unspecified atom stereocenters. The number of rotatable bonds is 8. The molecule has 1 amide bonds. The number of ether oxygens (including phenoxy) is 4. The van der Waals surface area contributed by atoms with Crippen LogP contribution in [0.15, 0.2) is 99.3 Å². The summed E-state index contributed by atoms with van der Waals surface area (Å²) in [5.74, 6) is -2.31. The van der Waals surface area contributed by atoms with E-state index in [9.17, 15) is 19.2 Å². The maximum Gasteiger partial charge on any atom is 1.00 e. The molecule has 2 aromatic carbocycles. The minimum atomic E-state index is -1.34. The van der Waals surface area contributed by atoms with E-state index in [0.29, 0.717) is 26.4 Å². The number of hydrogen-bond donors (Lipinski definition) is 4. The Balaban J connectivity index is 0.000000223. The molecule has 2 aromatic heterocycles. The number of benzene rings is 2. The second-order valence-corrected chi connectivity index (χ2v) is 11.3. The zero-order chi connectivity index (χ0) is 37.5. The molecule has 18 heteroatoms. The van der Waals surface area contributed by atoms with Crippen molar-refractivity contribution in [2.45, 2.75) is 37.4 Å². The van der Waals surface area contributed by atoms with Crippen LogP contribution in [-0.4, -0.2) is 72.6 Å². The van der Waals surface area contributed by atoms with E-state index in [1.807, 2.05) is 60.7 Å². The van der Waals surface area contributed by atoms with Crippen LogP contribution in [0, 0.1) is 0 Å². The molecule has 4 atom stereocenters.